The number of halogens is 2. The van der Waals surface area contributed by atoms with E-state index in [9.17, 15) is 8.78 Å². The van der Waals surface area contributed by atoms with Crippen LogP contribution in [0.4, 0.5) is 8.78 Å². The van der Waals surface area contributed by atoms with Crippen molar-refractivity contribution in [1.82, 2.24) is 14.9 Å². The van der Waals surface area contributed by atoms with Gasteiger partial charge in [0, 0.05) is 24.4 Å². The van der Waals surface area contributed by atoms with Gasteiger partial charge in [-0.25, -0.2) is 13.8 Å². The number of nitrogens with one attached hydrogen (secondary N) is 1. The topological polar surface area (TPSA) is 29.9 Å². The van der Waals surface area contributed by atoms with Crippen molar-refractivity contribution in [2.24, 2.45) is 0 Å². The Labute approximate surface area is 116 Å². The molecular weight excluding hydrogens is 260 g/mol. The van der Waals surface area contributed by atoms with Gasteiger partial charge in [0.25, 0.3) is 0 Å². The summed E-state index contributed by atoms with van der Waals surface area (Å²) in [6.07, 6.45) is 5.82. The zero-order valence-electron chi connectivity index (χ0n) is 11.1. The summed E-state index contributed by atoms with van der Waals surface area (Å²) in [5.74, 6) is -1.12. The molecule has 5 heteroatoms. The maximum atomic E-state index is 13.3. The molecule has 0 amide bonds. The quantitative estimate of drug-likeness (QED) is 0.934. The Morgan fingerprint density at radius 1 is 1.20 bits per heavy atom. The van der Waals surface area contributed by atoms with Crippen LogP contribution in [0.15, 0.2) is 30.7 Å². The number of aromatic nitrogens is 2. The summed E-state index contributed by atoms with van der Waals surface area (Å²) >= 11 is 0. The highest BCUT2D eigenvalue weighted by Crippen LogP contribution is 2.25. The first kappa shape index (κ1) is 13.2. The fourth-order valence-corrected chi connectivity index (χ4v) is 2.76. The molecule has 0 radical (unpaired) electrons. The lowest BCUT2D eigenvalue weighted by Crippen LogP contribution is -2.27. The van der Waals surface area contributed by atoms with Crippen LogP contribution in [0.5, 0.6) is 0 Å². The number of nitrogens with zero attached hydrogens (tertiary/aromatic N) is 2. The van der Waals surface area contributed by atoms with Gasteiger partial charge in [0.2, 0.25) is 0 Å². The molecule has 3 nitrogen and oxygen atoms in total. The smallest absolute Gasteiger partial charge is 0.159 e. The SMILES string of the molecule is Fc1ccc(Cn2cncc2C2CCNCC2)cc1F. The highest BCUT2D eigenvalue weighted by atomic mass is 19.2. The molecule has 0 bridgehead atoms. The normalized spacial score (nSPS) is 16.5. The lowest BCUT2D eigenvalue weighted by Gasteiger charge is -2.23. The minimum atomic E-state index is -0.807. The van der Waals surface area contributed by atoms with Gasteiger partial charge in [-0.2, -0.15) is 0 Å². The fraction of sp³-hybridized carbons (Fsp3) is 0.400. The van der Waals surface area contributed by atoms with Crippen LogP contribution in [0.3, 0.4) is 0 Å². The van der Waals surface area contributed by atoms with E-state index in [1.54, 1.807) is 12.4 Å². The van der Waals surface area contributed by atoms with Crippen molar-refractivity contribution in [1.29, 1.82) is 0 Å². The van der Waals surface area contributed by atoms with E-state index in [-0.39, 0.29) is 0 Å². The summed E-state index contributed by atoms with van der Waals surface area (Å²) in [6, 6.07) is 4.04. The number of hydrogen-bond donors (Lipinski definition) is 1. The van der Waals surface area contributed by atoms with Gasteiger partial charge in [0.15, 0.2) is 11.6 Å². The van der Waals surface area contributed by atoms with Crippen LogP contribution in [0.1, 0.15) is 30.0 Å². The minimum Gasteiger partial charge on any atom is -0.330 e. The van der Waals surface area contributed by atoms with E-state index in [4.69, 9.17) is 0 Å². The Hall–Kier alpha value is -1.75. The molecule has 2 heterocycles. The molecule has 1 aromatic carbocycles. The van der Waals surface area contributed by atoms with E-state index < -0.39 is 11.6 Å². The molecule has 0 spiro atoms. The van der Waals surface area contributed by atoms with Gasteiger partial charge in [-0.3, -0.25) is 0 Å². The van der Waals surface area contributed by atoms with Gasteiger partial charge in [-0.1, -0.05) is 6.07 Å². The summed E-state index contributed by atoms with van der Waals surface area (Å²) in [7, 11) is 0. The zero-order chi connectivity index (χ0) is 13.9. The molecule has 0 aliphatic carbocycles. The van der Waals surface area contributed by atoms with E-state index >= 15 is 0 Å². The van der Waals surface area contributed by atoms with Crippen LogP contribution in [0, 0.1) is 11.6 Å². The highest BCUT2D eigenvalue weighted by molar-refractivity contribution is 5.19. The van der Waals surface area contributed by atoms with Crippen LogP contribution >= 0.6 is 0 Å². The number of imidazole rings is 1. The lowest BCUT2D eigenvalue weighted by molar-refractivity contribution is 0.442. The Morgan fingerprint density at radius 2 is 2.00 bits per heavy atom. The van der Waals surface area contributed by atoms with Crippen LogP contribution in [-0.2, 0) is 6.54 Å². The Balaban J connectivity index is 1.80. The van der Waals surface area contributed by atoms with Crippen LogP contribution < -0.4 is 5.32 Å². The van der Waals surface area contributed by atoms with Crippen molar-refractivity contribution in [2.45, 2.75) is 25.3 Å². The summed E-state index contributed by atoms with van der Waals surface area (Å²) in [4.78, 5) is 4.21. The zero-order valence-corrected chi connectivity index (χ0v) is 11.1. The molecule has 1 aliphatic heterocycles. The molecule has 1 N–H and O–H groups in total. The van der Waals surface area contributed by atoms with Gasteiger partial charge in [0.05, 0.1) is 6.33 Å². The first-order valence-corrected chi connectivity index (χ1v) is 6.88. The molecule has 2 aromatic rings. The lowest BCUT2D eigenvalue weighted by atomic mass is 9.95. The average molecular weight is 277 g/mol. The molecule has 1 saturated heterocycles. The van der Waals surface area contributed by atoms with Crippen molar-refractivity contribution in [2.75, 3.05) is 13.1 Å². The average Bonchev–Trinajstić information content (AvgIpc) is 2.92. The molecule has 106 valence electrons. The third-order valence-electron chi connectivity index (χ3n) is 3.84. The van der Waals surface area contributed by atoms with Gasteiger partial charge in [-0.05, 0) is 43.6 Å². The molecule has 0 saturated carbocycles. The molecule has 1 aromatic heterocycles. The molecule has 0 unspecified atom stereocenters. The molecular formula is C15H17F2N3. The van der Waals surface area contributed by atoms with Crippen molar-refractivity contribution >= 4 is 0 Å². The van der Waals surface area contributed by atoms with Crippen LogP contribution in [0.25, 0.3) is 0 Å². The van der Waals surface area contributed by atoms with Crippen molar-refractivity contribution in [3.8, 4) is 0 Å². The second-order valence-electron chi connectivity index (χ2n) is 5.22. The van der Waals surface area contributed by atoms with Crippen molar-refractivity contribution < 1.29 is 8.78 Å². The number of rotatable bonds is 3. The van der Waals surface area contributed by atoms with Crippen LogP contribution in [0.2, 0.25) is 0 Å². The predicted molar refractivity (Wildman–Crippen MR) is 72.5 cm³/mol. The van der Waals surface area contributed by atoms with Gasteiger partial charge in [0.1, 0.15) is 0 Å². The Kier molecular flexibility index (Phi) is 3.78. The number of benzene rings is 1. The fourth-order valence-electron chi connectivity index (χ4n) is 2.76. The molecule has 1 fully saturated rings. The number of hydrogen-bond acceptors (Lipinski definition) is 2. The third kappa shape index (κ3) is 2.72. The van der Waals surface area contributed by atoms with E-state index in [0.29, 0.717) is 12.5 Å². The Bertz CT molecular complexity index is 589. The third-order valence-corrected chi connectivity index (χ3v) is 3.84. The van der Waals surface area contributed by atoms with E-state index in [2.05, 4.69) is 10.3 Å². The van der Waals surface area contributed by atoms with Gasteiger partial charge < -0.3 is 9.88 Å². The molecule has 0 atom stereocenters. The highest BCUT2D eigenvalue weighted by Gasteiger charge is 2.18. The summed E-state index contributed by atoms with van der Waals surface area (Å²) < 4.78 is 28.2. The van der Waals surface area contributed by atoms with E-state index in [1.165, 1.54) is 17.8 Å². The second-order valence-corrected chi connectivity index (χ2v) is 5.22. The van der Waals surface area contributed by atoms with Crippen LogP contribution in [-0.4, -0.2) is 22.6 Å². The maximum Gasteiger partial charge on any atom is 0.159 e. The summed E-state index contributed by atoms with van der Waals surface area (Å²) in [5, 5.41) is 3.34. The largest absolute Gasteiger partial charge is 0.330 e. The van der Waals surface area contributed by atoms with Crippen molar-refractivity contribution in [3.63, 3.8) is 0 Å². The van der Waals surface area contributed by atoms with Crippen molar-refractivity contribution in [3.05, 3.63) is 53.6 Å². The predicted octanol–water partition coefficient (Wildman–Crippen LogP) is 2.68. The van der Waals surface area contributed by atoms with E-state index in [1.807, 2.05) is 10.8 Å². The standard InChI is InChI=1S/C15H17F2N3/c16-13-2-1-11(7-14(13)17)9-20-10-19-8-15(20)12-3-5-18-6-4-12/h1-2,7-8,10,12,18H,3-6,9H2. The number of piperidine rings is 1. The maximum absolute atomic E-state index is 13.3. The molecule has 1 aliphatic rings. The Morgan fingerprint density at radius 3 is 2.75 bits per heavy atom. The van der Waals surface area contributed by atoms with Gasteiger partial charge >= 0.3 is 0 Å². The monoisotopic (exact) mass is 277 g/mol. The summed E-state index contributed by atoms with van der Waals surface area (Å²) in [5.41, 5.74) is 1.92. The minimum absolute atomic E-state index is 0.490. The van der Waals surface area contributed by atoms with E-state index in [0.717, 1.165) is 31.5 Å². The molecule has 20 heavy (non-hydrogen) atoms. The molecule has 3 rings (SSSR count). The van der Waals surface area contributed by atoms with Gasteiger partial charge in [-0.15, -0.1) is 0 Å². The first-order chi connectivity index (χ1) is 9.74. The first-order valence-electron chi connectivity index (χ1n) is 6.88. The summed E-state index contributed by atoms with van der Waals surface area (Å²) in [6.45, 7) is 2.55. The second kappa shape index (κ2) is 5.71.